The number of anilines is 1. The van der Waals surface area contributed by atoms with Gasteiger partial charge in [-0.3, -0.25) is 4.79 Å². The van der Waals surface area contributed by atoms with Crippen LogP contribution in [-0.2, 0) is 11.3 Å². The fourth-order valence-electron chi connectivity index (χ4n) is 3.11. The Balaban J connectivity index is 1.74. The highest BCUT2D eigenvalue weighted by atomic mass is 19.1. The number of nitrogens with zero attached hydrogens (tertiary/aromatic N) is 2. The number of hydrogen-bond acceptors (Lipinski definition) is 3. The topological polar surface area (TPSA) is 60.1 Å². The van der Waals surface area contributed by atoms with Gasteiger partial charge in [0, 0.05) is 18.5 Å². The number of aryl methyl sites for hydroxylation is 1. The van der Waals surface area contributed by atoms with Gasteiger partial charge in [-0.05, 0) is 31.2 Å². The van der Waals surface area contributed by atoms with E-state index in [-0.39, 0.29) is 24.1 Å². The van der Waals surface area contributed by atoms with E-state index in [0.29, 0.717) is 29.4 Å². The molecule has 6 heteroatoms. The van der Waals surface area contributed by atoms with Crippen LogP contribution in [0.25, 0.3) is 11.3 Å². The molecule has 0 aliphatic carbocycles. The third-order valence-electron chi connectivity index (χ3n) is 4.30. The van der Waals surface area contributed by atoms with Crippen LogP contribution in [-0.4, -0.2) is 15.7 Å². The van der Waals surface area contributed by atoms with Crippen molar-refractivity contribution in [1.82, 2.24) is 9.78 Å². The summed E-state index contributed by atoms with van der Waals surface area (Å²) in [5, 5.41) is 7.17. The maximum absolute atomic E-state index is 13.9. The third kappa shape index (κ3) is 2.31. The fraction of sp³-hybridized carbons (Fsp3) is 0.222. The van der Waals surface area contributed by atoms with Gasteiger partial charge in [-0.1, -0.05) is 12.1 Å². The molecule has 5 nitrogen and oxygen atoms in total. The van der Waals surface area contributed by atoms with Gasteiger partial charge in [0.15, 0.2) is 0 Å². The summed E-state index contributed by atoms with van der Waals surface area (Å²) >= 11 is 0. The zero-order valence-corrected chi connectivity index (χ0v) is 13.1. The standard InChI is InChI=1S/C18H16FN3O2/c1-2-22-18-13(10-20-22)12(9-17(23)21-18)16-8-7-15(24-16)11-5-3-4-6-14(11)19/h3-8,10,12H,2,9H2,1H3,(H,21,23)/t12-/m0/s1. The van der Waals surface area contributed by atoms with Gasteiger partial charge < -0.3 is 9.73 Å². The van der Waals surface area contributed by atoms with Crippen molar-refractivity contribution in [3.05, 3.63) is 59.7 Å². The molecule has 3 heterocycles. The third-order valence-corrected chi connectivity index (χ3v) is 4.30. The van der Waals surface area contributed by atoms with Gasteiger partial charge in [-0.2, -0.15) is 5.10 Å². The molecule has 0 saturated carbocycles. The van der Waals surface area contributed by atoms with Gasteiger partial charge in [-0.15, -0.1) is 0 Å². The van der Waals surface area contributed by atoms with Crippen molar-refractivity contribution >= 4 is 11.7 Å². The van der Waals surface area contributed by atoms with Gasteiger partial charge in [-0.25, -0.2) is 9.07 Å². The molecule has 4 rings (SSSR count). The molecule has 0 fully saturated rings. The van der Waals surface area contributed by atoms with Crippen LogP contribution in [0.3, 0.4) is 0 Å². The first-order chi connectivity index (χ1) is 11.7. The molecule has 1 amide bonds. The Hall–Kier alpha value is -2.89. The van der Waals surface area contributed by atoms with E-state index in [2.05, 4.69) is 10.4 Å². The first-order valence-corrected chi connectivity index (χ1v) is 7.87. The predicted molar refractivity (Wildman–Crippen MR) is 87.1 cm³/mol. The maximum Gasteiger partial charge on any atom is 0.226 e. The zero-order chi connectivity index (χ0) is 16.7. The van der Waals surface area contributed by atoms with Crippen LogP contribution >= 0.6 is 0 Å². The van der Waals surface area contributed by atoms with Crippen LogP contribution in [0.4, 0.5) is 10.2 Å². The number of aromatic nitrogens is 2. The van der Waals surface area contributed by atoms with E-state index in [1.54, 1.807) is 41.2 Å². The summed E-state index contributed by atoms with van der Waals surface area (Å²) in [4.78, 5) is 12.1. The minimum absolute atomic E-state index is 0.0773. The summed E-state index contributed by atoms with van der Waals surface area (Å²) in [7, 11) is 0. The van der Waals surface area contributed by atoms with Crippen LogP contribution < -0.4 is 5.32 Å². The second kappa shape index (κ2) is 5.63. The summed E-state index contributed by atoms with van der Waals surface area (Å²) in [6, 6.07) is 10.0. The van der Waals surface area contributed by atoms with E-state index < -0.39 is 0 Å². The highest BCUT2D eigenvalue weighted by molar-refractivity contribution is 5.94. The van der Waals surface area contributed by atoms with E-state index in [0.717, 1.165) is 5.56 Å². The molecule has 3 aromatic rings. The first kappa shape index (κ1) is 14.7. The number of benzene rings is 1. The van der Waals surface area contributed by atoms with E-state index in [4.69, 9.17) is 4.42 Å². The Morgan fingerprint density at radius 1 is 1.33 bits per heavy atom. The smallest absolute Gasteiger partial charge is 0.226 e. The van der Waals surface area contributed by atoms with Crippen molar-refractivity contribution < 1.29 is 13.6 Å². The molecule has 1 aliphatic rings. The number of nitrogens with one attached hydrogen (secondary N) is 1. The Morgan fingerprint density at radius 2 is 2.17 bits per heavy atom. The molecule has 24 heavy (non-hydrogen) atoms. The number of halogens is 1. The van der Waals surface area contributed by atoms with Crippen molar-refractivity contribution in [1.29, 1.82) is 0 Å². The monoisotopic (exact) mass is 325 g/mol. The van der Waals surface area contributed by atoms with Crippen LogP contribution in [0.5, 0.6) is 0 Å². The van der Waals surface area contributed by atoms with Crippen LogP contribution in [0.15, 0.2) is 47.0 Å². The number of furan rings is 1. The van der Waals surface area contributed by atoms with Gasteiger partial charge in [0.2, 0.25) is 5.91 Å². The molecule has 0 radical (unpaired) electrons. The first-order valence-electron chi connectivity index (χ1n) is 7.87. The lowest BCUT2D eigenvalue weighted by molar-refractivity contribution is -0.116. The van der Waals surface area contributed by atoms with Gasteiger partial charge in [0.1, 0.15) is 23.2 Å². The van der Waals surface area contributed by atoms with E-state index >= 15 is 0 Å². The predicted octanol–water partition coefficient (Wildman–Crippen LogP) is 3.78. The largest absolute Gasteiger partial charge is 0.460 e. The number of carbonyl (C=O) groups is 1. The number of rotatable bonds is 3. The number of hydrogen-bond donors (Lipinski definition) is 1. The molecule has 1 atom stereocenters. The van der Waals surface area contributed by atoms with Gasteiger partial charge in [0.05, 0.1) is 17.7 Å². The molecule has 0 bridgehead atoms. The molecule has 1 N–H and O–H groups in total. The summed E-state index contributed by atoms with van der Waals surface area (Å²) in [5.74, 6) is 1.18. The number of amides is 1. The normalized spacial score (nSPS) is 16.8. The molecule has 0 saturated heterocycles. The summed E-state index contributed by atoms with van der Waals surface area (Å²) in [6.45, 7) is 2.63. The SMILES string of the molecule is CCn1ncc2c1NC(=O)C[C@@H]2c1ccc(-c2ccccc2F)o1. The molecule has 0 unspecified atom stereocenters. The Kier molecular flexibility index (Phi) is 3.45. The van der Waals surface area contributed by atoms with E-state index in [1.807, 2.05) is 6.92 Å². The molecule has 2 aromatic heterocycles. The van der Waals surface area contributed by atoms with Gasteiger partial charge >= 0.3 is 0 Å². The minimum Gasteiger partial charge on any atom is -0.460 e. The van der Waals surface area contributed by atoms with Crippen LogP contribution in [0.2, 0.25) is 0 Å². The van der Waals surface area contributed by atoms with Crippen molar-refractivity contribution in [3.8, 4) is 11.3 Å². The Morgan fingerprint density at radius 3 is 2.96 bits per heavy atom. The van der Waals surface area contributed by atoms with Crippen molar-refractivity contribution in [2.45, 2.75) is 25.8 Å². The van der Waals surface area contributed by atoms with Crippen LogP contribution in [0.1, 0.15) is 30.6 Å². The molecule has 122 valence electrons. The molecule has 0 spiro atoms. The summed E-state index contributed by atoms with van der Waals surface area (Å²) in [6.07, 6.45) is 2.04. The second-order valence-corrected chi connectivity index (χ2v) is 5.75. The van der Waals surface area contributed by atoms with Crippen molar-refractivity contribution in [3.63, 3.8) is 0 Å². The lowest BCUT2D eigenvalue weighted by Crippen LogP contribution is -2.24. The maximum atomic E-state index is 13.9. The van der Waals surface area contributed by atoms with Crippen molar-refractivity contribution in [2.24, 2.45) is 0 Å². The molecule has 1 aromatic carbocycles. The highest BCUT2D eigenvalue weighted by Crippen LogP contribution is 2.39. The van der Waals surface area contributed by atoms with Crippen molar-refractivity contribution in [2.75, 3.05) is 5.32 Å². The minimum atomic E-state index is -0.334. The average molecular weight is 325 g/mol. The second-order valence-electron chi connectivity index (χ2n) is 5.75. The highest BCUT2D eigenvalue weighted by Gasteiger charge is 2.31. The molecular formula is C18H16FN3O2. The summed E-state index contributed by atoms with van der Waals surface area (Å²) in [5.41, 5.74) is 1.33. The Labute approximate surface area is 138 Å². The summed E-state index contributed by atoms with van der Waals surface area (Å²) < 4.78 is 21.6. The average Bonchev–Trinajstić information content (AvgIpc) is 3.21. The number of fused-ring (bicyclic) bond motifs is 1. The van der Waals surface area contributed by atoms with Crippen LogP contribution in [0, 0.1) is 5.82 Å². The van der Waals surface area contributed by atoms with Gasteiger partial charge in [0.25, 0.3) is 0 Å². The fourth-order valence-corrected chi connectivity index (χ4v) is 3.11. The number of carbonyl (C=O) groups excluding carboxylic acids is 1. The Bertz CT molecular complexity index is 913. The van der Waals surface area contributed by atoms with E-state index in [1.165, 1.54) is 6.07 Å². The van der Waals surface area contributed by atoms with E-state index in [9.17, 15) is 9.18 Å². The lowest BCUT2D eigenvalue weighted by Gasteiger charge is -2.21. The molecule has 1 aliphatic heterocycles. The zero-order valence-electron chi connectivity index (χ0n) is 13.1. The lowest BCUT2D eigenvalue weighted by atomic mass is 9.92. The quantitative estimate of drug-likeness (QED) is 0.797. The molecular weight excluding hydrogens is 309 g/mol.